The first kappa shape index (κ1) is 33.8. The van der Waals surface area contributed by atoms with E-state index < -0.39 is 41.1 Å². The Morgan fingerprint density at radius 3 is 2.06 bits per heavy atom. The number of nitrogens with one attached hydrogen (secondary N) is 2. The number of aliphatic hydroxyl groups is 3. The van der Waals surface area contributed by atoms with Gasteiger partial charge in [0.25, 0.3) is 5.56 Å². The van der Waals surface area contributed by atoms with E-state index in [1.807, 2.05) is 54.6 Å². The second-order valence-electron chi connectivity index (χ2n) is 12.6. The Morgan fingerprint density at radius 2 is 1.53 bits per heavy atom. The molecule has 0 bridgehead atoms. The molecule has 0 saturated carbocycles. The molecule has 5 aromatic rings. The molecule has 6 rings (SSSR count). The first-order chi connectivity index (χ1) is 23.4. The van der Waals surface area contributed by atoms with E-state index in [2.05, 4.69) is 20.3 Å². The minimum absolute atomic E-state index is 0.00458. The molecule has 3 heterocycles. The number of carbonyl (C=O) groups excluding carboxylic acids is 1. The number of fused-ring (bicyclic) bond motifs is 1. The lowest BCUT2D eigenvalue weighted by atomic mass is 9.63. The molecule has 0 radical (unpaired) electrons. The van der Waals surface area contributed by atoms with Gasteiger partial charge < -0.3 is 29.5 Å². The zero-order chi connectivity index (χ0) is 35.1. The molecule has 49 heavy (non-hydrogen) atoms. The SMILES string of the molecule is COc1ccc(C(c2ccccc2)(c2ccc(OC)cc2)C(O)[C@H]2O[C@@H](n3cnc4c(=O)[nH]c(NC(=O)C(C)C)nc43)[C@](C)(O)[C@@H]2O)cc1. The summed E-state index contributed by atoms with van der Waals surface area (Å²) in [4.78, 5) is 36.4. The fourth-order valence-corrected chi connectivity index (χ4v) is 6.52. The van der Waals surface area contributed by atoms with Crippen LogP contribution in [0, 0.1) is 5.92 Å². The van der Waals surface area contributed by atoms with Crippen LogP contribution in [-0.2, 0) is 14.9 Å². The van der Waals surface area contributed by atoms with Crippen molar-refractivity contribution in [1.82, 2.24) is 19.5 Å². The van der Waals surface area contributed by atoms with Crippen molar-refractivity contribution >= 4 is 23.0 Å². The molecule has 1 unspecified atom stereocenters. The summed E-state index contributed by atoms with van der Waals surface area (Å²) in [6, 6.07) is 23.8. The molecule has 13 nitrogen and oxygen atoms in total. The van der Waals surface area contributed by atoms with E-state index in [4.69, 9.17) is 14.2 Å². The van der Waals surface area contributed by atoms with Crippen molar-refractivity contribution in [2.24, 2.45) is 5.92 Å². The number of H-pyrrole nitrogens is 1. The van der Waals surface area contributed by atoms with Crippen LogP contribution in [0.2, 0.25) is 0 Å². The van der Waals surface area contributed by atoms with E-state index in [0.29, 0.717) is 28.2 Å². The van der Waals surface area contributed by atoms with Crippen LogP contribution in [0.1, 0.15) is 43.7 Å². The van der Waals surface area contributed by atoms with Gasteiger partial charge >= 0.3 is 0 Å². The fraction of sp³-hybridized carbons (Fsp3) is 0.333. The Labute approximate surface area is 282 Å². The van der Waals surface area contributed by atoms with Gasteiger partial charge in [-0.1, -0.05) is 68.4 Å². The monoisotopic (exact) mass is 669 g/mol. The third-order valence-electron chi connectivity index (χ3n) is 9.22. The lowest BCUT2D eigenvalue weighted by Crippen LogP contribution is -2.54. The van der Waals surface area contributed by atoms with Gasteiger partial charge in [-0.3, -0.25) is 24.5 Å². The van der Waals surface area contributed by atoms with Crippen molar-refractivity contribution in [2.75, 3.05) is 19.5 Å². The van der Waals surface area contributed by atoms with Crippen LogP contribution in [0.25, 0.3) is 11.2 Å². The number of nitrogens with zero attached hydrogens (tertiary/aromatic N) is 3. The van der Waals surface area contributed by atoms with Crippen LogP contribution in [-0.4, -0.2) is 78.9 Å². The summed E-state index contributed by atoms with van der Waals surface area (Å²) in [6.45, 7) is 4.76. The third-order valence-corrected chi connectivity index (χ3v) is 9.22. The zero-order valence-corrected chi connectivity index (χ0v) is 27.7. The van der Waals surface area contributed by atoms with Gasteiger partial charge in [0.15, 0.2) is 17.4 Å². The summed E-state index contributed by atoms with van der Waals surface area (Å²) in [5.41, 5.74) is -2.09. The molecule has 1 saturated heterocycles. The van der Waals surface area contributed by atoms with Crippen LogP contribution < -0.4 is 20.3 Å². The molecular formula is C36H39N5O8. The Kier molecular flexibility index (Phi) is 9.03. The van der Waals surface area contributed by atoms with E-state index in [1.54, 1.807) is 52.3 Å². The van der Waals surface area contributed by atoms with Gasteiger partial charge in [0.1, 0.15) is 35.4 Å². The molecule has 256 valence electrons. The number of hydrogen-bond donors (Lipinski definition) is 5. The number of amides is 1. The predicted octanol–water partition coefficient (Wildman–Crippen LogP) is 3.14. The number of aromatic amines is 1. The molecule has 5 N–H and O–H groups in total. The summed E-state index contributed by atoms with van der Waals surface area (Å²) in [7, 11) is 3.12. The fourth-order valence-electron chi connectivity index (χ4n) is 6.52. The van der Waals surface area contributed by atoms with Crippen molar-refractivity contribution < 1.29 is 34.3 Å². The number of anilines is 1. The van der Waals surface area contributed by atoms with Gasteiger partial charge in [0, 0.05) is 5.92 Å². The van der Waals surface area contributed by atoms with E-state index in [1.165, 1.54) is 17.8 Å². The molecule has 0 spiro atoms. The summed E-state index contributed by atoms with van der Waals surface area (Å²) >= 11 is 0. The summed E-state index contributed by atoms with van der Waals surface area (Å²) < 4.78 is 18.6. The number of carbonyl (C=O) groups is 1. The number of rotatable bonds is 10. The van der Waals surface area contributed by atoms with E-state index in [9.17, 15) is 24.9 Å². The van der Waals surface area contributed by atoms with E-state index >= 15 is 0 Å². The summed E-state index contributed by atoms with van der Waals surface area (Å²) in [5, 5.41) is 39.0. The summed E-state index contributed by atoms with van der Waals surface area (Å²) in [6.07, 6.45) is -4.67. The van der Waals surface area contributed by atoms with E-state index in [0.717, 1.165) is 0 Å². The van der Waals surface area contributed by atoms with Crippen LogP contribution in [0.5, 0.6) is 11.5 Å². The first-order valence-electron chi connectivity index (χ1n) is 15.8. The van der Waals surface area contributed by atoms with Crippen molar-refractivity contribution in [3.8, 4) is 11.5 Å². The number of ether oxygens (including phenoxy) is 3. The Balaban J connectivity index is 1.50. The second kappa shape index (κ2) is 13.1. The molecule has 1 aliphatic heterocycles. The van der Waals surface area contributed by atoms with Crippen molar-refractivity contribution in [3.63, 3.8) is 0 Å². The average Bonchev–Trinajstić information content (AvgIpc) is 3.63. The zero-order valence-electron chi connectivity index (χ0n) is 27.7. The molecule has 1 aliphatic rings. The van der Waals surface area contributed by atoms with Crippen LogP contribution in [0.4, 0.5) is 5.95 Å². The minimum Gasteiger partial charge on any atom is -0.497 e. The summed E-state index contributed by atoms with van der Waals surface area (Å²) in [5.74, 6) is 0.339. The number of aliphatic hydroxyl groups excluding tert-OH is 2. The van der Waals surface area contributed by atoms with Crippen molar-refractivity contribution in [1.29, 1.82) is 0 Å². The highest BCUT2D eigenvalue weighted by atomic mass is 16.6. The number of imidazole rings is 1. The van der Waals surface area contributed by atoms with Gasteiger partial charge in [0.2, 0.25) is 11.9 Å². The van der Waals surface area contributed by atoms with Gasteiger partial charge in [-0.2, -0.15) is 4.98 Å². The van der Waals surface area contributed by atoms with Gasteiger partial charge in [-0.15, -0.1) is 0 Å². The highest BCUT2D eigenvalue weighted by Crippen LogP contribution is 2.49. The Hall–Kier alpha value is -5.08. The molecule has 0 aliphatic carbocycles. The topological polar surface area (TPSA) is 181 Å². The van der Waals surface area contributed by atoms with Gasteiger partial charge in [0.05, 0.1) is 26.0 Å². The quantitative estimate of drug-likeness (QED) is 0.139. The largest absolute Gasteiger partial charge is 0.497 e. The van der Waals surface area contributed by atoms with E-state index in [-0.39, 0.29) is 28.9 Å². The van der Waals surface area contributed by atoms with Crippen LogP contribution in [0.15, 0.2) is 90.0 Å². The van der Waals surface area contributed by atoms with Crippen LogP contribution in [0.3, 0.4) is 0 Å². The Bertz CT molecular complexity index is 1940. The molecule has 5 atom stereocenters. The molecule has 1 fully saturated rings. The lowest BCUT2D eigenvalue weighted by molar-refractivity contribution is -0.118. The van der Waals surface area contributed by atoms with Gasteiger partial charge in [-0.05, 0) is 47.9 Å². The maximum atomic E-state index is 12.9. The Morgan fingerprint density at radius 1 is 0.980 bits per heavy atom. The number of benzene rings is 3. The second-order valence-corrected chi connectivity index (χ2v) is 12.6. The highest BCUT2D eigenvalue weighted by Gasteiger charge is 2.60. The molecule has 1 amide bonds. The average molecular weight is 670 g/mol. The highest BCUT2D eigenvalue weighted by molar-refractivity contribution is 5.91. The smallest absolute Gasteiger partial charge is 0.280 e. The van der Waals surface area contributed by atoms with Gasteiger partial charge in [-0.25, -0.2) is 4.98 Å². The maximum absolute atomic E-state index is 12.9. The predicted molar refractivity (Wildman–Crippen MR) is 180 cm³/mol. The first-order valence-corrected chi connectivity index (χ1v) is 15.8. The van der Waals surface area contributed by atoms with Crippen LogP contribution >= 0.6 is 0 Å². The molecular weight excluding hydrogens is 630 g/mol. The van der Waals surface area contributed by atoms with Crippen molar-refractivity contribution in [3.05, 3.63) is 112 Å². The molecule has 3 aromatic carbocycles. The number of hydrogen-bond acceptors (Lipinski definition) is 10. The standard InChI is InChI=1S/C36H39N5O8/c1-20(2)31(44)39-34-38-30-26(32(45)40-34)37-19-41(30)33-35(3,46)28(42)27(49-33)29(43)36(21-9-7-6-8-10-21,22-11-15-24(47-4)16-12-22)23-13-17-25(48-5)18-14-23/h6-20,27-29,33,42-43,46H,1-5H3,(H2,38,39,40,44,45)/t27-,28+,29?,33+,35+/m0/s1. The number of methoxy groups -OCH3 is 2. The normalized spacial score (nSPS) is 21.5. The molecule has 13 heteroatoms. The maximum Gasteiger partial charge on any atom is 0.280 e. The lowest BCUT2D eigenvalue weighted by Gasteiger charge is -2.43. The van der Waals surface area contributed by atoms with Crippen molar-refractivity contribution in [2.45, 2.75) is 56.3 Å². The third kappa shape index (κ3) is 5.74. The minimum atomic E-state index is -2.02. The molecule has 2 aromatic heterocycles. The number of aromatic nitrogens is 4.